The number of hydrogen-bond donors (Lipinski definition) is 1. The second-order valence-electron chi connectivity index (χ2n) is 6.66. The zero-order chi connectivity index (χ0) is 15.5. The minimum absolute atomic E-state index is 0.155. The summed E-state index contributed by atoms with van der Waals surface area (Å²) in [5.41, 5.74) is 4.85. The molecule has 0 radical (unpaired) electrons. The molecule has 0 fully saturated rings. The van der Waals surface area contributed by atoms with E-state index in [2.05, 4.69) is 76.2 Å². The van der Waals surface area contributed by atoms with Gasteiger partial charge in [0, 0.05) is 5.41 Å². The number of hydrogen-bond acceptors (Lipinski definition) is 1. The normalized spacial score (nSPS) is 14.2. The van der Waals surface area contributed by atoms with Crippen molar-refractivity contribution in [2.75, 3.05) is 6.61 Å². The highest BCUT2D eigenvalue weighted by Crippen LogP contribution is 2.29. The van der Waals surface area contributed by atoms with E-state index < -0.39 is 0 Å². The topological polar surface area (TPSA) is 20.2 Å². The number of benzene rings is 2. The van der Waals surface area contributed by atoms with Crippen LogP contribution >= 0.6 is 0 Å². The summed E-state index contributed by atoms with van der Waals surface area (Å²) in [6, 6.07) is 17.3. The fraction of sp³-hybridized carbons (Fsp3) is 0.400. The Labute approximate surface area is 128 Å². The Hall–Kier alpha value is -1.60. The summed E-state index contributed by atoms with van der Waals surface area (Å²) in [7, 11) is 0. The second-order valence-corrected chi connectivity index (χ2v) is 6.66. The van der Waals surface area contributed by atoms with Gasteiger partial charge in [-0.1, -0.05) is 74.9 Å². The molecule has 0 aliphatic carbocycles. The van der Waals surface area contributed by atoms with Gasteiger partial charge in [-0.25, -0.2) is 0 Å². The molecule has 0 bridgehead atoms. The molecule has 0 aliphatic rings. The van der Waals surface area contributed by atoms with Gasteiger partial charge in [-0.15, -0.1) is 0 Å². The summed E-state index contributed by atoms with van der Waals surface area (Å²) >= 11 is 0. The molecule has 1 unspecified atom stereocenters. The maximum Gasteiger partial charge on any atom is 0.0528 e. The molecular weight excluding hydrogens is 256 g/mol. The zero-order valence-corrected chi connectivity index (χ0v) is 13.6. The van der Waals surface area contributed by atoms with Gasteiger partial charge in [0.1, 0.15) is 0 Å². The van der Waals surface area contributed by atoms with E-state index in [1.807, 2.05) is 0 Å². The van der Waals surface area contributed by atoms with Gasteiger partial charge in [-0.3, -0.25) is 0 Å². The molecule has 1 N–H and O–H groups in total. The van der Waals surface area contributed by atoms with Crippen LogP contribution in [0.5, 0.6) is 0 Å². The highest BCUT2D eigenvalue weighted by Gasteiger charge is 2.26. The van der Waals surface area contributed by atoms with Crippen molar-refractivity contribution < 1.29 is 5.11 Å². The number of aliphatic hydroxyl groups is 1. The van der Waals surface area contributed by atoms with Crippen LogP contribution in [0, 0.1) is 6.92 Å². The third kappa shape index (κ3) is 3.74. The van der Waals surface area contributed by atoms with Crippen LogP contribution in [0.2, 0.25) is 0 Å². The summed E-state index contributed by atoms with van der Waals surface area (Å²) < 4.78 is 0. The summed E-state index contributed by atoms with van der Waals surface area (Å²) in [5.74, 6) is 0.556. The van der Waals surface area contributed by atoms with Gasteiger partial charge in [-0.05, 0) is 36.0 Å². The SMILES string of the molecule is Cc1cccc(C(C)(CO)Cc2ccc(C(C)C)cc2)c1. The van der Waals surface area contributed by atoms with Gasteiger partial charge in [0.05, 0.1) is 6.61 Å². The summed E-state index contributed by atoms with van der Waals surface area (Å²) in [6.45, 7) is 8.80. The van der Waals surface area contributed by atoms with Crippen molar-refractivity contribution in [2.24, 2.45) is 0 Å². The first-order chi connectivity index (χ1) is 9.94. The van der Waals surface area contributed by atoms with Crippen molar-refractivity contribution in [3.63, 3.8) is 0 Å². The monoisotopic (exact) mass is 282 g/mol. The summed E-state index contributed by atoms with van der Waals surface area (Å²) in [6.07, 6.45) is 0.853. The lowest BCUT2D eigenvalue weighted by molar-refractivity contribution is 0.204. The van der Waals surface area contributed by atoms with Gasteiger partial charge in [0.2, 0.25) is 0 Å². The maximum absolute atomic E-state index is 9.93. The van der Waals surface area contributed by atoms with Crippen molar-refractivity contribution in [3.8, 4) is 0 Å². The van der Waals surface area contributed by atoms with Crippen LogP contribution in [0.3, 0.4) is 0 Å². The van der Waals surface area contributed by atoms with Crippen molar-refractivity contribution >= 4 is 0 Å². The highest BCUT2D eigenvalue weighted by atomic mass is 16.3. The first kappa shape index (κ1) is 15.8. The van der Waals surface area contributed by atoms with Crippen LogP contribution in [0.25, 0.3) is 0 Å². The van der Waals surface area contributed by atoms with E-state index in [-0.39, 0.29) is 12.0 Å². The Balaban J connectivity index is 2.25. The first-order valence-electron chi connectivity index (χ1n) is 7.71. The minimum Gasteiger partial charge on any atom is -0.395 e. The molecule has 0 saturated carbocycles. The van der Waals surface area contributed by atoms with Gasteiger partial charge < -0.3 is 5.11 Å². The number of aliphatic hydroxyl groups excluding tert-OH is 1. The minimum atomic E-state index is -0.231. The molecule has 0 heterocycles. The largest absolute Gasteiger partial charge is 0.395 e. The van der Waals surface area contributed by atoms with E-state index >= 15 is 0 Å². The first-order valence-corrected chi connectivity index (χ1v) is 7.71. The standard InChI is InChI=1S/C20H26O/c1-15(2)18-10-8-17(9-11-18)13-20(4,14-21)19-7-5-6-16(3)12-19/h5-12,15,21H,13-14H2,1-4H3. The van der Waals surface area contributed by atoms with Crippen molar-refractivity contribution in [3.05, 3.63) is 70.8 Å². The molecule has 1 nitrogen and oxygen atoms in total. The molecule has 0 aliphatic heterocycles. The van der Waals surface area contributed by atoms with Gasteiger partial charge in [-0.2, -0.15) is 0 Å². The molecule has 0 amide bonds. The second kappa shape index (κ2) is 6.44. The van der Waals surface area contributed by atoms with Crippen LogP contribution in [0.4, 0.5) is 0 Å². The fourth-order valence-electron chi connectivity index (χ4n) is 2.74. The lowest BCUT2D eigenvalue weighted by Crippen LogP contribution is -2.29. The lowest BCUT2D eigenvalue weighted by Gasteiger charge is -2.28. The molecule has 0 aromatic heterocycles. The summed E-state index contributed by atoms with van der Waals surface area (Å²) in [5, 5.41) is 9.93. The van der Waals surface area contributed by atoms with E-state index in [4.69, 9.17) is 0 Å². The molecule has 112 valence electrons. The number of rotatable bonds is 5. The maximum atomic E-state index is 9.93. The van der Waals surface area contributed by atoms with E-state index in [1.165, 1.54) is 22.3 Å². The Morgan fingerprint density at radius 2 is 1.71 bits per heavy atom. The third-order valence-electron chi connectivity index (χ3n) is 4.30. The Kier molecular flexibility index (Phi) is 4.84. The molecule has 2 aromatic carbocycles. The average molecular weight is 282 g/mol. The Morgan fingerprint density at radius 1 is 1.05 bits per heavy atom. The van der Waals surface area contributed by atoms with Crippen molar-refractivity contribution in [1.82, 2.24) is 0 Å². The van der Waals surface area contributed by atoms with Gasteiger partial charge in [0.25, 0.3) is 0 Å². The van der Waals surface area contributed by atoms with E-state index in [9.17, 15) is 5.11 Å². The van der Waals surface area contributed by atoms with E-state index in [1.54, 1.807) is 0 Å². The predicted octanol–water partition coefficient (Wildman–Crippen LogP) is 4.61. The van der Waals surface area contributed by atoms with Crippen LogP contribution < -0.4 is 0 Å². The smallest absolute Gasteiger partial charge is 0.0528 e. The van der Waals surface area contributed by atoms with Crippen LogP contribution in [-0.2, 0) is 11.8 Å². The Bertz CT molecular complexity index is 583. The number of aryl methyl sites for hydroxylation is 1. The molecule has 2 aromatic rings. The fourth-order valence-corrected chi connectivity index (χ4v) is 2.74. The molecule has 0 saturated heterocycles. The summed E-state index contributed by atoms with van der Waals surface area (Å²) in [4.78, 5) is 0. The molecule has 1 heteroatoms. The average Bonchev–Trinajstić information content (AvgIpc) is 2.47. The van der Waals surface area contributed by atoms with Crippen LogP contribution in [0.15, 0.2) is 48.5 Å². The van der Waals surface area contributed by atoms with E-state index in [0.717, 1.165) is 6.42 Å². The molecule has 0 spiro atoms. The van der Waals surface area contributed by atoms with Crippen LogP contribution in [0.1, 0.15) is 48.9 Å². The predicted molar refractivity (Wildman–Crippen MR) is 89.9 cm³/mol. The van der Waals surface area contributed by atoms with Gasteiger partial charge in [0.15, 0.2) is 0 Å². The van der Waals surface area contributed by atoms with E-state index in [0.29, 0.717) is 5.92 Å². The molecule has 2 rings (SSSR count). The lowest BCUT2D eigenvalue weighted by atomic mass is 9.77. The van der Waals surface area contributed by atoms with Crippen LogP contribution in [-0.4, -0.2) is 11.7 Å². The quantitative estimate of drug-likeness (QED) is 0.849. The molecular formula is C20H26O. The molecule has 21 heavy (non-hydrogen) atoms. The third-order valence-corrected chi connectivity index (χ3v) is 4.30. The Morgan fingerprint density at radius 3 is 2.24 bits per heavy atom. The van der Waals surface area contributed by atoms with Gasteiger partial charge >= 0.3 is 0 Å². The van der Waals surface area contributed by atoms with Crippen molar-refractivity contribution in [1.29, 1.82) is 0 Å². The molecule has 1 atom stereocenters. The van der Waals surface area contributed by atoms with Crippen molar-refractivity contribution in [2.45, 2.75) is 45.4 Å². The highest BCUT2D eigenvalue weighted by molar-refractivity contribution is 5.33. The zero-order valence-electron chi connectivity index (χ0n) is 13.6.